The lowest BCUT2D eigenvalue weighted by Crippen LogP contribution is -2.47. The van der Waals surface area contributed by atoms with E-state index in [1.165, 1.54) is 10.8 Å². The van der Waals surface area contributed by atoms with Crippen LogP contribution >= 0.6 is 0 Å². The molecule has 2 heterocycles. The molecule has 31 heavy (non-hydrogen) atoms. The first-order chi connectivity index (χ1) is 15.0. The van der Waals surface area contributed by atoms with Crippen molar-refractivity contribution in [2.45, 2.75) is 38.8 Å². The van der Waals surface area contributed by atoms with Gasteiger partial charge < -0.3 is 15.1 Å². The lowest BCUT2D eigenvalue weighted by molar-refractivity contribution is -0.123. The van der Waals surface area contributed by atoms with E-state index in [4.69, 9.17) is 4.42 Å². The number of hydrogen-bond donors (Lipinski definition) is 2. The molecule has 2 N–H and O–H groups in total. The molecule has 0 radical (unpaired) electrons. The van der Waals surface area contributed by atoms with Crippen LogP contribution in [0.4, 0.5) is 0 Å². The first-order valence-corrected chi connectivity index (χ1v) is 10.9. The second kappa shape index (κ2) is 9.35. The van der Waals surface area contributed by atoms with Gasteiger partial charge in [-0.05, 0) is 55.2 Å². The van der Waals surface area contributed by atoms with E-state index in [0.717, 1.165) is 37.3 Å². The van der Waals surface area contributed by atoms with Crippen LogP contribution in [-0.2, 0) is 4.79 Å². The van der Waals surface area contributed by atoms with E-state index >= 15 is 0 Å². The van der Waals surface area contributed by atoms with Crippen molar-refractivity contribution in [3.05, 3.63) is 71.7 Å². The summed E-state index contributed by atoms with van der Waals surface area (Å²) in [6.45, 7) is 5.77. The molecule has 0 spiro atoms. The zero-order valence-electron chi connectivity index (χ0n) is 18.1. The number of likely N-dealkylation sites (tertiary alicyclic amines) is 1. The van der Waals surface area contributed by atoms with Crippen LogP contribution in [0.5, 0.6) is 0 Å². The van der Waals surface area contributed by atoms with Gasteiger partial charge in [0.15, 0.2) is 5.76 Å². The van der Waals surface area contributed by atoms with Crippen molar-refractivity contribution in [3.8, 4) is 0 Å². The molecule has 1 aliphatic rings. The van der Waals surface area contributed by atoms with Gasteiger partial charge in [-0.3, -0.25) is 14.5 Å². The number of amides is 2. The highest BCUT2D eigenvalue weighted by Crippen LogP contribution is 2.24. The third-order valence-corrected chi connectivity index (χ3v) is 5.92. The molecule has 1 atom stereocenters. The Balaban J connectivity index is 1.26. The Morgan fingerprint density at radius 3 is 2.55 bits per heavy atom. The number of piperidine rings is 1. The van der Waals surface area contributed by atoms with Crippen molar-refractivity contribution in [3.63, 3.8) is 0 Å². The van der Waals surface area contributed by atoms with Crippen LogP contribution in [0, 0.1) is 6.92 Å². The van der Waals surface area contributed by atoms with Crippen LogP contribution in [0.3, 0.4) is 0 Å². The van der Waals surface area contributed by atoms with Gasteiger partial charge in [0.1, 0.15) is 5.76 Å². The van der Waals surface area contributed by atoms with Gasteiger partial charge >= 0.3 is 0 Å². The van der Waals surface area contributed by atoms with Crippen LogP contribution in [-0.4, -0.2) is 42.4 Å². The summed E-state index contributed by atoms with van der Waals surface area (Å²) in [6, 6.07) is 17.9. The number of nitrogens with zero attached hydrogens (tertiary/aromatic N) is 1. The quantitative estimate of drug-likeness (QED) is 0.637. The molecule has 1 aromatic heterocycles. The predicted molar refractivity (Wildman–Crippen MR) is 121 cm³/mol. The topological polar surface area (TPSA) is 74.6 Å². The number of benzene rings is 2. The number of fused-ring (bicyclic) bond motifs is 1. The Bertz CT molecular complexity index is 1060. The summed E-state index contributed by atoms with van der Waals surface area (Å²) in [5.74, 6) is 0.924. The van der Waals surface area contributed by atoms with Crippen LogP contribution < -0.4 is 10.6 Å². The van der Waals surface area contributed by atoms with Gasteiger partial charge in [-0.15, -0.1) is 0 Å². The summed E-state index contributed by atoms with van der Waals surface area (Å²) in [6.07, 6.45) is 1.63. The van der Waals surface area contributed by atoms with Crippen molar-refractivity contribution < 1.29 is 14.0 Å². The minimum absolute atomic E-state index is 0.0222. The van der Waals surface area contributed by atoms with E-state index in [-0.39, 0.29) is 23.9 Å². The maximum absolute atomic E-state index is 12.6. The fraction of sp³-hybridized carbons (Fsp3) is 0.360. The van der Waals surface area contributed by atoms with Gasteiger partial charge in [0.05, 0.1) is 12.6 Å². The van der Waals surface area contributed by atoms with Gasteiger partial charge in [0.25, 0.3) is 5.91 Å². The smallest absolute Gasteiger partial charge is 0.287 e. The number of rotatable bonds is 6. The number of nitrogens with one attached hydrogen (secondary N) is 2. The van der Waals surface area contributed by atoms with Crippen molar-refractivity contribution in [1.82, 2.24) is 15.5 Å². The van der Waals surface area contributed by atoms with Gasteiger partial charge in [0, 0.05) is 19.1 Å². The Labute approximate surface area is 182 Å². The summed E-state index contributed by atoms with van der Waals surface area (Å²) in [4.78, 5) is 27.0. The number of carbonyl (C=O) groups is 2. The highest BCUT2D eigenvalue weighted by Gasteiger charge is 2.24. The fourth-order valence-corrected chi connectivity index (χ4v) is 4.24. The molecule has 162 valence electrons. The lowest BCUT2D eigenvalue weighted by atomic mass is 9.99. The molecule has 2 amide bonds. The predicted octanol–water partition coefficient (Wildman–Crippen LogP) is 3.81. The third kappa shape index (κ3) is 5.14. The monoisotopic (exact) mass is 419 g/mol. The molecule has 6 heteroatoms. The van der Waals surface area contributed by atoms with E-state index in [0.29, 0.717) is 12.3 Å². The van der Waals surface area contributed by atoms with Crippen LogP contribution in [0.25, 0.3) is 10.8 Å². The minimum Gasteiger partial charge on any atom is -0.456 e. The molecular formula is C25H29N3O3. The Morgan fingerprint density at radius 1 is 1.06 bits per heavy atom. The third-order valence-electron chi connectivity index (χ3n) is 5.92. The molecule has 4 rings (SSSR count). The number of carbonyl (C=O) groups excluding carboxylic acids is 2. The van der Waals surface area contributed by atoms with E-state index in [2.05, 4.69) is 39.8 Å². The molecule has 0 saturated carbocycles. The van der Waals surface area contributed by atoms with Gasteiger partial charge in [-0.1, -0.05) is 42.5 Å². The van der Waals surface area contributed by atoms with Crippen molar-refractivity contribution in [1.29, 1.82) is 0 Å². The van der Waals surface area contributed by atoms with Crippen LogP contribution in [0.2, 0.25) is 0 Å². The summed E-state index contributed by atoms with van der Waals surface area (Å²) < 4.78 is 5.39. The summed E-state index contributed by atoms with van der Waals surface area (Å²) in [7, 11) is 0. The van der Waals surface area contributed by atoms with Crippen molar-refractivity contribution in [2.24, 2.45) is 0 Å². The number of aryl methyl sites for hydroxylation is 1. The molecule has 6 nitrogen and oxygen atoms in total. The summed E-state index contributed by atoms with van der Waals surface area (Å²) in [5, 5.41) is 8.52. The largest absolute Gasteiger partial charge is 0.456 e. The maximum atomic E-state index is 12.6. The Morgan fingerprint density at radius 2 is 1.81 bits per heavy atom. The number of hydrogen-bond acceptors (Lipinski definition) is 4. The lowest BCUT2D eigenvalue weighted by Gasteiger charge is -2.32. The first-order valence-electron chi connectivity index (χ1n) is 10.9. The van der Waals surface area contributed by atoms with Gasteiger partial charge in [0.2, 0.25) is 5.91 Å². The SMILES string of the molecule is Cc1ccc(C(=O)NC2CCN(CC(=O)NC(C)c3cccc4ccccc34)CC2)o1. The molecule has 2 aromatic carbocycles. The van der Waals surface area contributed by atoms with E-state index < -0.39 is 0 Å². The van der Waals surface area contributed by atoms with Crippen LogP contribution in [0.1, 0.15) is 47.7 Å². The van der Waals surface area contributed by atoms with Crippen molar-refractivity contribution >= 4 is 22.6 Å². The minimum atomic E-state index is -0.173. The maximum Gasteiger partial charge on any atom is 0.287 e. The fourth-order valence-electron chi connectivity index (χ4n) is 4.24. The molecule has 3 aromatic rings. The van der Waals surface area contributed by atoms with E-state index in [1.807, 2.05) is 32.0 Å². The average molecular weight is 420 g/mol. The zero-order valence-corrected chi connectivity index (χ0v) is 18.1. The van der Waals surface area contributed by atoms with Crippen LogP contribution in [0.15, 0.2) is 59.0 Å². The zero-order chi connectivity index (χ0) is 21.8. The summed E-state index contributed by atoms with van der Waals surface area (Å²) in [5.41, 5.74) is 1.13. The van der Waals surface area contributed by atoms with E-state index in [1.54, 1.807) is 12.1 Å². The highest BCUT2D eigenvalue weighted by atomic mass is 16.3. The second-order valence-corrected chi connectivity index (χ2v) is 8.29. The molecule has 1 saturated heterocycles. The molecule has 1 aliphatic heterocycles. The summed E-state index contributed by atoms with van der Waals surface area (Å²) >= 11 is 0. The van der Waals surface area contributed by atoms with Gasteiger partial charge in [-0.25, -0.2) is 0 Å². The molecule has 0 bridgehead atoms. The Kier molecular flexibility index (Phi) is 6.37. The van der Waals surface area contributed by atoms with Crippen molar-refractivity contribution in [2.75, 3.05) is 19.6 Å². The highest BCUT2D eigenvalue weighted by molar-refractivity contribution is 5.91. The average Bonchev–Trinajstić information content (AvgIpc) is 3.21. The standard InChI is InChI=1S/C25H29N3O3/c1-17-10-11-23(31-17)25(30)27-20-12-14-28(15-13-20)16-24(29)26-18(2)21-9-5-7-19-6-3-4-8-22(19)21/h3-11,18,20H,12-16H2,1-2H3,(H,26,29)(H,27,30). The molecule has 1 unspecified atom stereocenters. The number of furan rings is 1. The molecule has 1 fully saturated rings. The molecular weight excluding hydrogens is 390 g/mol. The van der Waals surface area contributed by atoms with Gasteiger partial charge in [-0.2, -0.15) is 0 Å². The first kappa shape index (κ1) is 21.1. The normalized spacial score (nSPS) is 16.2. The molecule has 0 aliphatic carbocycles. The van der Waals surface area contributed by atoms with E-state index in [9.17, 15) is 9.59 Å². The Hall–Kier alpha value is -3.12. The second-order valence-electron chi connectivity index (χ2n) is 8.29.